The molecule has 0 bridgehead atoms. The van der Waals surface area contributed by atoms with Gasteiger partial charge < -0.3 is 19.7 Å². The first-order chi connectivity index (χ1) is 12.7. The summed E-state index contributed by atoms with van der Waals surface area (Å²) in [6.45, 7) is 2.08. The molecule has 2 aromatic rings. The number of piperidine rings is 1. The van der Waals surface area contributed by atoms with Crippen molar-refractivity contribution in [3.8, 4) is 11.5 Å². The van der Waals surface area contributed by atoms with Crippen LogP contribution in [0.1, 0.15) is 24.8 Å². The molecule has 0 spiro atoms. The van der Waals surface area contributed by atoms with E-state index in [-0.39, 0.29) is 5.91 Å². The largest absolute Gasteiger partial charge is 0.497 e. The smallest absolute Gasteiger partial charge is 0.249 e. The minimum atomic E-state index is -0.224. The highest BCUT2D eigenvalue weighted by molar-refractivity contribution is 7.14. The molecule has 1 aliphatic heterocycles. The molecule has 1 aromatic carbocycles. The van der Waals surface area contributed by atoms with E-state index in [4.69, 9.17) is 9.47 Å². The molecule has 2 heterocycles. The Bertz CT molecular complexity index is 782. The molecule has 1 fully saturated rings. The number of nitrogens with one attached hydrogen (secondary N) is 1. The van der Waals surface area contributed by atoms with Crippen molar-refractivity contribution in [2.24, 2.45) is 0 Å². The maximum Gasteiger partial charge on any atom is 0.249 e. The summed E-state index contributed by atoms with van der Waals surface area (Å²) in [6.07, 6.45) is 6.88. The first-order valence-corrected chi connectivity index (χ1v) is 9.49. The number of carbonyl (C=O) groups excluding carboxylic acids is 1. The molecule has 1 saturated heterocycles. The average molecular weight is 373 g/mol. The van der Waals surface area contributed by atoms with Gasteiger partial charge in [-0.15, -0.1) is 11.3 Å². The van der Waals surface area contributed by atoms with Crippen LogP contribution in [0, 0.1) is 0 Å². The summed E-state index contributed by atoms with van der Waals surface area (Å²) in [5.41, 5.74) is 0.802. The van der Waals surface area contributed by atoms with Crippen LogP contribution in [0.2, 0.25) is 0 Å². The average Bonchev–Trinajstić information content (AvgIpc) is 3.15. The Hall–Kier alpha value is -2.54. The fraction of sp³-hybridized carbons (Fsp3) is 0.368. The lowest BCUT2D eigenvalue weighted by molar-refractivity contribution is -0.111. The number of nitrogens with zero attached hydrogens (tertiary/aromatic N) is 2. The highest BCUT2D eigenvalue weighted by Crippen LogP contribution is 2.27. The van der Waals surface area contributed by atoms with Crippen molar-refractivity contribution < 1.29 is 14.3 Å². The van der Waals surface area contributed by atoms with Crippen LogP contribution >= 0.6 is 11.3 Å². The molecule has 1 aromatic heterocycles. The minimum absolute atomic E-state index is 0.224. The zero-order valence-electron chi connectivity index (χ0n) is 15.0. The van der Waals surface area contributed by atoms with Gasteiger partial charge >= 0.3 is 0 Å². The van der Waals surface area contributed by atoms with Crippen LogP contribution in [0.5, 0.6) is 11.5 Å². The van der Waals surface area contributed by atoms with E-state index in [9.17, 15) is 4.79 Å². The van der Waals surface area contributed by atoms with Crippen LogP contribution in [0.25, 0.3) is 6.08 Å². The number of anilines is 2. The summed E-state index contributed by atoms with van der Waals surface area (Å²) in [6, 6.07) is 5.45. The van der Waals surface area contributed by atoms with Crippen molar-refractivity contribution in [3.05, 3.63) is 35.2 Å². The van der Waals surface area contributed by atoms with Crippen molar-refractivity contribution in [2.75, 3.05) is 37.5 Å². The van der Waals surface area contributed by atoms with Crippen molar-refractivity contribution >= 4 is 34.3 Å². The molecule has 0 unspecified atom stereocenters. The Morgan fingerprint density at radius 1 is 1.23 bits per heavy atom. The van der Waals surface area contributed by atoms with Crippen molar-refractivity contribution in [2.45, 2.75) is 19.3 Å². The van der Waals surface area contributed by atoms with Crippen LogP contribution in [-0.2, 0) is 4.79 Å². The second-order valence-corrected chi connectivity index (χ2v) is 6.83. The molecule has 1 aliphatic rings. The Balaban J connectivity index is 1.62. The Morgan fingerprint density at radius 2 is 2.04 bits per heavy atom. The predicted octanol–water partition coefficient (Wildman–Crippen LogP) is 3.80. The van der Waals surface area contributed by atoms with Gasteiger partial charge in [-0.3, -0.25) is 4.79 Å². The Labute approximate surface area is 157 Å². The predicted molar refractivity (Wildman–Crippen MR) is 105 cm³/mol. The van der Waals surface area contributed by atoms with E-state index in [2.05, 4.69) is 15.2 Å². The van der Waals surface area contributed by atoms with Gasteiger partial charge in [0.2, 0.25) is 5.91 Å². The molecule has 3 rings (SSSR count). The quantitative estimate of drug-likeness (QED) is 0.780. The molecule has 1 amide bonds. The zero-order valence-corrected chi connectivity index (χ0v) is 15.8. The normalized spacial score (nSPS) is 14.5. The van der Waals surface area contributed by atoms with Gasteiger partial charge in [0.05, 0.1) is 14.2 Å². The molecule has 0 saturated carbocycles. The minimum Gasteiger partial charge on any atom is -0.497 e. The van der Waals surface area contributed by atoms with E-state index in [0.717, 1.165) is 23.8 Å². The van der Waals surface area contributed by atoms with Gasteiger partial charge in [0, 0.05) is 36.2 Å². The van der Waals surface area contributed by atoms with Crippen molar-refractivity contribution in [1.29, 1.82) is 0 Å². The van der Waals surface area contributed by atoms with E-state index in [1.54, 1.807) is 37.7 Å². The fourth-order valence-corrected chi connectivity index (χ4v) is 3.65. The molecule has 0 atom stereocenters. The van der Waals surface area contributed by atoms with E-state index < -0.39 is 0 Å². The topological polar surface area (TPSA) is 63.7 Å². The summed E-state index contributed by atoms with van der Waals surface area (Å²) in [5.74, 6) is 1.72. The summed E-state index contributed by atoms with van der Waals surface area (Å²) in [4.78, 5) is 19.0. The third-order valence-corrected chi connectivity index (χ3v) is 5.13. The second kappa shape index (κ2) is 8.71. The molecular weight excluding hydrogens is 350 g/mol. The maximum atomic E-state index is 12.2. The molecule has 26 heavy (non-hydrogen) atoms. The summed E-state index contributed by atoms with van der Waals surface area (Å²) < 4.78 is 10.5. The highest BCUT2D eigenvalue weighted by atomic mass is 32.1. The first-order valence-electron chi connectivity index (χ1n) is 8.61. The standard InChI is InChI=1S/C19H23N3O3S/c1-24-15-8-6-14(16(12-15)25-2)7-9-18(23)20-17-13-26-19(21-17)22-10-4-3-5-11-22/h6-9,12-13H,3-5,10-11H2,1-2H3,(H,20,23). The lowest BCUT2D eigenvalue weighted by atomic mass is 10.1. The molecule has 0 radical (unpaired) electrons. The molecule has 1 N–H and O–H groups in total. The van der Waals surface area contributed by atoms with Crippen LogP contribution < -0.4 is 19.7 Å². The molecule has 0 aliphatic carbocycles. The number of hydrogen-bond donors (Lipinski definition) is 1. The van der Waals surface area contributed by atoms with Gasteiger partial charge in [-0.2, -0.15) is 0 Å². The number of rotatable bonds is 6. The Morgan fingerprint density at radius 3 is 2.77 bits per heavy atom. The SMILES string of the molecule is COc1ccc(C=CC(=O)Nc2csc(N3CCCCC3)n2)c(OC)c1. The molecular formula is C19H23N3O3S. The molecule has 6 nitrogen and oxygen atoms in total. The van der Waals surface area contributed by atoms with Crippen LogP contribution in [-0.4, -0.2) is 38.2 Å². The fourth-order valence-electron chi connectivity index (χ4n) is 2.84. The van der Waals surface area contributed by atoms with Gasteiger partial charge in [-0.1, -0.05) is 0 Å². The lowest BCUT2D eigenvalue weighted by Gasteiger charge is -2.25. The van der Waals surface area contributed by atoms with Gasteiger partial charge in [0.25, 0.3) is 0 Å². The number of hydrogen-bond acceptors (Lipinski definition) is 6. The van der Waals surface area contributed by atoms with Crippen molar-refractivity contribution in [3.63, 3.8) is 0 Å². The molecule has 7 heteroatoms. The van der Waals surface area contributed by atoms with Gasteiger partial charge in [0.15, 0.2) is 5.13 Å². The van der Waals surface area contributed by atoms with Gasteiger partial charge in [-0.05, 0) is 37.5 Å². The number of benzene rings is 1. The number of ether oxygens (including phenoxy) is 2. The lowest BCUT2D eigenvalue weighted by Crippen LogP contribution is -2.29. The van der Waals surface area contributed by atoms with E-state index >= 15 is 0 Å². The Kier molecular flexibility index (Phi) is 6.12. The van der Waals surface area contributed by atoms with E-state index in [1.165, 1.54) is 25.3 Å². The summed E-state index contributed by atoms with van der Waals surface area (Å²) in [5, 5.41) is 5.66. The summed E-state index contributed by atoms with van der Waals surface area (Å²) in [7, 11) is 3.19. The number of aromatic nitrogens is 1. The van der Waals surface area contributed by atoms with Gasteiger partial charge in [-0.25, -0.2) is 4.98 Å². The number of carbonyl (C=O) groups is 1. The number of amides is 1. The van der Waals surface area contributed by atoms with Crippen LogP contribution in [0.15, 0.2) is 29.7 Å². The maximum absolute atomic E-state index is 12.2. The van der Waals surface area contributed by atoms with E-state index in [1.807, 2.05) is 17.5 Å². The number of methoxy groups -OCH3 is 2. The monoisotopic (exact) mass is 373 g/mol. The van der Waals surface area contributed by atoms with Crippen molar-refractivity contribution in [1.82, 2.24) is 4.98 Å². The highest BCUT2D eigenvalue weighted by Gasteiger charge is 2.14. The summed E-state index contributed by atoms with van der Waals surface area (Å²) >= 11 is 1.56. The third-order valence-electron chi connectivity index (χ3n) is 4.22. The van der Waals surface area contributed by atoms with Crippen LogP contribution in [0.3, 0.4) is 0 Å². The second-order valence-electron chi connectivity index (χ2n) is 5.99. The number of thiazole rings is 1. The zero-order chi connectivity index (χ0) is 18.4. The first kappa shape index (κ1) is 18.3. The van der Waals surface area contributed by atoms with Gasteiger partial charge in [0.1, 0.15) is 17.3 Å². The molecule has 138 valence electrons. The van der Waals surface area contributed by atoms with Crippen LogP contribution in [0.4, 0.5) is 10.9 Å². The van der Waals surface area contributed by atoms with E-state index in [0.29, 0.717) is 17.3 Å². The third kappa shape index (κ3) is 4.54.